The van der Waals surface area contributed by atoms with Gasteiger partial charge in [-0.25, -0.2) is 0 Å². The van der Waals surface area contributed by atoms with Crippen molar-refractivity contribution in [2.45, 2.75) is 6.92 Å². The third-order valence-corrected chi connectivity index (χ3v) is 1.43. The summed E-state index contributed by atoms with van der Waals surface area (Å²) in [5, 5.41) is 2.94. The van der Waals surface area contributed by atoms with Crippen molar-refractivity contribution in [3.8, 4) is 0 Å². The molecule has 0 rings (SSSR count). The van der Waals surface area contributed by atoms with E-state index in [2.05, 4.69) is 38.0 Å². The van der Waals surface area contributed by atoms with Crippen LogP contribution in [0.5, 0.6) is 0 Å². The van der Waals surface area contributed by atoms with Gasteiger partial charge in [0.25, 0.3) is 0 Å². The molecule has 0 aromatic heterocycles. The highest BCUT2D eigenvalue weighted by molar-refractivity contribution is 5.80. The smallest absolute Gasteiger partial charge is 0.0979 e. The molecular formula is C9H20N3+. The lowest BCUT2D eigenvalue weighted by molar-refractivity contribution is -0.868. The van der Waals surface area contributed by atoms with Gasteiger partial charge < -0.3 is 9.80 Å². The summed E-state index contributed by atoms with van der Waals surface area (Å²) in [6, 6.07) is 0. The molecular weight excluding hydrogens is 150 g/mol. The van der Waals surface area contributed by atoms with Gasteiger partial charge in [0.2, 0.25) is 0 Å². The van der Waals surface area contributed by atoms with Crippen LogP contribution < -0.4 is 5.32 Å². The SMILES string of the molecule is C=CNC(C)=NCC[N+](C)(C)C. The van der Waals surface area contributed by atoms with Gasteiger partial charge in [-0.15, -0.1) is 0 Å². The summed E-state index contributed by atoms with van der Waals surface area (Å²) in [6.45, 7) is 7.41. The monoisotopic (exact) mass is 170 g/mol. The number of nitrogens with one attached hydrogen (secondary N) is 1. The van der Waals surface area contributed by atoms with E-state index in [1.165, 1.54) is 0 Å². The summed E-state index contributed by atoms with van der Waals surface area (Å²) < 4.78 is 0.949. The van der Waals surface area contributed by atoms with Gasteiger partial charge in [-0.1, -0.05) is 6.58 Å². The summed E-state index contributed by atoms with van der Waals surface area (Å²) in [4.78, 5) is 4.32. The van der Waals surface area contributed by atoms with Gasteiger partial charge in [-0.2, -0.15) is 0 Å². The topological polar surface area (TPSA) is 24.4 Å². The molecule has 0 aliphatic rings. The zero-order valence-electron chi connectivity index (χ0n) is 8.59. The maximum atomic E-state index is 4.32. The number of likely N-dealkylation sites (N-methyl/N-ethyl adjacent to an activating group) is 1. The highest BCUT2D eigenvalue weighted by Crippen LogP contribution is 1.88. The van der Waals surface area contributed by atoms with E-state index >= 15 is 0 Å². The van der Waals surface area contributed by atoms with Gasteiger partial charge in [0.15, 0.2) is 0 Å². The van der Waals surface area contributed by atoms with E-state index in [-0.39, 0.29) is 0 Å². The van der Waals surface area contributed by atoms with Crippen molar-refractivity contribution in [3.05, 3.63) is 12.8 Å². The molecule has 1 N–H and O–H groups in total. The molecule has 0 saturated carbocycles. The second-order valence-corrected chi connectivity index (χ2v) is 3.83. The Balaban J connectivity index is 3.66. The minimum absolute atomic E-state index is 0.857. The standard InChI is InChI=1S/C9H20N3/c1-6-10-9(2)11-7-8-12(3,4)5/h6H,1,7-8H2,2-5H3,(H,10,11)/q+1. The van der Waals surface area contributed by atoms with E-state index in [0.717, 1.165) is 23.4 Å². The van der Waals surface area contributed by atoms with Crippen molar-refractivity contribution in [3.63, 3.8) is 0 Å². The highest BCUT2D eigenvalue weighted by atomic mass is 15.3. The number of hydrogen-bond acceptors (Lipinski definition) is 1. The zero-order chi connectivity index (χ0) is 9.61. The lowest BCUT2D eigenvalue weighted by atomic mass is 10.5. The minimum Gasteiger partial charge on any atom is -0.351 e. The largest absolute Gasteiger partial charge is 0.351 e. The zero-order valence-corrected chi connectivity index (χ0v) is 8.59. The van der Waals surface area contributed by atoms with Crippen molar-refractivity contribution >= 4 is 5.84 Å². The Morgan fingerprint density at radius 3 is 2.50 bits per heavy atom. The molecule has 0 fully saturated rings. The fraction of sp³-hybridized carbons (Fsp3) is 0.667. The fourth-order valence-electron chi connectivity index (χ4n) is 0.711. The Bertz CT molecular complexity index is 165. The molecule has 0 unspecified atom stereocenters. The predicted molar refractivity (Wildman–Crippen MR) is 54.2 cm³/mol. The van der Waals surface area contributed by atoms with Crippen LogP contribution in [-0.2, 0) is 0 Å². The Labute approximate surface area is 75.4 Å². The molecule has 0 atom stereocenters. The molecule has 3 nitrogen and oxygen atoms in total. The molecule has 0 spiro atoms. The van der Waals surface area contributed by atoms with Crippen molar-refractivity contribution in [1.82, 2.24) is 5.32 Å². The van der Waals surface area contributed by atoms with E-state index in [0.29, 0.717) is 0 Å². The summed E-state index contributed by atoms with van der Waals surface area (Å²) in [5.74, 6) is 0.929. The number of quaternary nitrogens is 1. The number of rotatable bonds is 4. The van der Waals surface area contributed by atoms with Crippen LogP contribution in [0.15, 0.2) is 17.8 Å². The molecule has 70 valence electrons. The summed E-state index contributed by atoms with van der Waals surface area (Å²) in [6.07, 6.45) is 1.64. The predicted octanol–water partition coefficient (Wildman–Crippen LogP) is 0.844. The van der Waals surface area contributed by atoms with Gasteiger partial charge >= 0.3 is 0 Å². The number of amidine groups is 1. The molecule has 0 aliphatic heterocycles. The molecule has 3 heteroatoms. The van der Waals surface area contributed by atoms with Gasteiger partial charge in [0.1, 0.15) is 0 Å². The molecule has 0 aromatic rings. The molecule has 0 saturated heterocycles. The Morgan fingerprint density at radius 2 is 2.08 bits per heavy atom. The molecule has 0 aromatic carbocycles. The van der Waals surface area contributed by atoms with Crippen LogP contribution in [0, 0.1) is 0 Å². The van der Waals surface area contributed by atoms with Crippen LogP contribution in [-0.4, -0.2) is 44.6 Å². The van der Waals surface area contributed by atoms with Crippen LogP contribution >= 0.6 is 0 Å². The maximum absolute atomic E-state index is 4.32. The van der Waals surface area contributed by atoms with Crippen LogP contribution in [0.25, 0.3) is 0 Å². The average molecular weight is 170 g/mol. The van der Waals surface area contributed by atoms with E-state index in [1.54, 1.807) is 6.20 Å². The van der Waals surface area contributed by atoms with Crippen LogP contribution in [0.4, 0.5) is 0 Å². The first kappa shape index (κ1) is 11.2. The Kier molecular flexibility index (Phi) is 4.59. The van der Waals surface area contributed by atoms with Crippen LogP contribution in [0.2, 0.25) is 0 Å². The van der Waals surface area contributed by atoms with Gasteiger partial charge in [0.05, 0.1) is 40.1 Å². The number of hydrogen-bond donors (Lipinski definition) is 1. The Morgan fingerprint density at radius 1 is 1.50 bits per heavy atom. The third-order valence-electron chi connectivity index (χ3n) is 1.43. The van der Waals surface area contributed by atoms with Crippen molar-refractivity contribution in [2.75, 3.05) is 34.2 Å². The quantitative estimate of drug-likeness (QED) is 0.377. The molecule has 0 amide bonds. The molecule has 0 radical (unpaired) electrons. The lowest BCUT2D eigenvalue weighted by Gasteiger charge is -2.22. The maximum Gasteiger partial charge on any atom is 0.0979 e. The minimum atomic E-state index is 0.857. The summed E-state index contributed by atoms with van der Waals surface area (Å²) in [5.41, 5.74) is 0. The first-order valence-corrected chi connectivity index (χ1v) is 4.14. The molecule has 0 heterocycles. The Hall–Kier alpha value is -0.830. The molecule has 0 aliphatic carbocycles. The van der Waals surface area contributed by atoms with E-state index in [1.807, 2.05) is 6.92 Å². The first-order valence-electron chi connectivity index (χ1n) is 4.14. The summed E-state index contributed by atoms with van der Waals surface area (Å²) in [7, 11) is 6.48. The second kappa shape index (κ2) is 4.93. The van der Waals surface area contributed by atoms with E-state index < -0.39 is 0 Å². The fourth-order valence-corrected chi connectivity index (χ4v) is 0.711. The third kappa shape index (κ3) is 7.28. The van der Waals surface area contributed by atoms with Crippen molar-refractivity contribution in [1.29, 1.82) is 0 Å². The van der Waals surface area contributed by atoms with E-state index in [4.69, 9.17) is 0 Å². The second-order valence-electron chi connectivity index (χ2n) is 3.83. The summed E-state index contributed by atoms with van der Waals surface area (Å²) >= 11 is 0. The normalized spacial score (nSPS) is 12.8. The number of nitrogens with zero attached hydrogens (tertiary/aromatic N) is 2. The van der Waals surface area contributed by atoms with Crippen LogP contribution in [0.1, 0.15) is 6.92 Å². The average Bonchev–Trinajstić information content (AvgIpc) is 1.84. The highest BCUT2D eigenvalue weighted by Gasteiger charge is 2.04. The lowest BCUT2D eigenvalue weighted by Crippen LogP contribution is -2.37. The molecule has 0 bridgehead atoms. The van der Waals surface area contributed by atoms with E-state index in [9.17, 15) is 0 Å². The van der Waals surface area contributed by atoms with Crippen molar-refractivity contribution < 1.29 is 4.48 Å². The first-order chi connectivity index (χ1) is 5.45. The van der Waals surface area contributed by atoms with Crippen molar-refractivity contribution in [2.24, 2.45) is 4.99 Å². The van der Waals surface area contributed by atoms with Crippen LogP contribution in [0.3, 0.4) is 0 Å². The van der Waals surface area contributed by atoms with Gasteiger partial charge in [0, 0.05) is 0 Å². The molecule has 12 heavy (non-hydrogen) atoms. The van der Waals surface area contributed by atoms with Gasteiger partial charge in [-0.3, -0.25) is 4.99 Å². The van der Waals surface area contributed by atoms with Gasteiger partial charge in [-0.05, 0) is 13.1 Å². The number of aliphatic imine (C=N–C) groups is 1.